The summed E-state index contributed by atoms with van der Waals surface area (Å²) in [7, 11) is 6.65. The lowest BCUT2D eigenvalue weighted by molar-refractivity contribution is 0.115. The van der Waals surface area contributed by atoms with Gasteiger partial charge in [-0.25, -0.2) is 0 Å². The third kappa shape index (κ3) is 4.09. The van der Waals surface area contributed by atoms with Gasteiger partial charge in [0.15, 0.2) is 0 Å². The summed E-state index contributed by atoms with van der Waals surface area (Å²) < 4.78 is 0. The highest BCUT2D eigenvalue weighted by Gasteiger charge is 2.26. The lowest BCUT2D eigenvalue weighted by Gasteiger charge is -2.38. The third-order valence-electron chi connectivity index (χ3n) is 3.57. The zero-order chi connectivity index (χ0) is 11.3. The number of hydrogen-bond acceptors (Lipinski definition) is 3. The maximum absolute atomic E-state index is 5.60. The van der Waals surface area contributed by atoms with Crippen molar-refractivity contribution in [3.8, 4) is 0 Å². The van der Waals surface area contributed by atoms with Crippen molar-refractivity contribution in [2.75, 3.05) is 40.8 Å². The summed E-state index contributed by atoms with van der Waals surface area (Å²) >= 11 is 0. The van der Waals surface area contributed by atoms with Crippen molar-refractivity contribution in [3.63, 3.8) is 0 Å². The standard InChI is InChI=1S/C12H27N3/c1-14(2)12(7-4-8-13)11-6-5-9-15(3)10-11/h11-12H,4-10,13H2,1-3H3. The molecule has 1 saturated heterocycles. The van der Waals surface area contributed by atoms with Crippen molar-refractivity contribution in [3.05, 3.63) is 0 Å². The molecule has 3 nitrogen and oxygen atoms in total. The molecule has 2 unspecified atom stereocenters. The van der Waals surface area contributed by atoms with Crippen LogP contribution in [0.2, 0.25) is 0 Å². The van der Waals surface area contributed by atoms with Crippen LogP contribution in [0, 0.1) is 5.92 Å². The fraction of sp³-hybridized carbons (Fsp3) is 1.00. The predicted octanol–water partition coefficient (Wildman–Crippen LogP) is 0.997. The smallest absolute Gasteiger partial charge is 0.0130 e. The van der Waals surface area contributed by atoms with Gasteiger partial charge in [-0.05, 0) is 65.8 Å². The van der Waals surface area contributed by atoms with E-state index < -0.39 is 0 Å². The van der Waals surface area contributed by atoms with Crippen LogP contribution in [0.4, 0.5) is 0 Å². The molecule has 0 spiro atoms. The summed E-state index contributed by atoms with van der Waals surface area (Å²) in [6, 6.07) is 0.719. The van der Waals surface area contributed by atoms with Gasteiger partial charge in [0.2, 0.25) is 0 Å². The number of nitrogens with two attached hydrogens (primary N) is 1. The summed E-state index contributed by atoms with van der Waals surface area (Å²) in [6.45, 7) is 3.36. The first-order valence-electron chi connectivity index (χ1n) is 6.20. The van der Waals surface area contributed by atoms with Gasteiger partial charge in [-0.1, -0.05) is 0 Å². The monoisotopic (exact) mass is 213 g/mol. The van der Waals surface area contributed by atoms with E-state index in [4.69, 9.17) is 5.73 Å². The molecule has 1 rings (SSSR count). The second-order valence-electron chi connectivity index (χ2n) is 5.13. The van der Waals surface area contributed by atoms with Gasteiger partial charge in [0.05, 0.1) is 0 Å². The van der Waals surface area contributed by atoms with Crippen LogP contribution in [-0.2, 0) is 0 Å². The zero-order valence-electron chi connectivity index (χ0n) is 10.6. The average molecular weight is 213 g/mol. The van der Waals surface area contributed by atoms with Gasteiger partial charge in [-0.2, -0.15) is 0 Å². The summed E-state index contributed by atoms with van der Waals surface area (Å²) in [5.74, 6) is 0.838. The van der Waals surface area contributed by atoms with Crippen molar-refractivity contribution < 1.29 is 0 Å². The third-order valence-corrected chi connectivity index (χ3v) is 3.57. The van der Waals surface area contributed by atoms with Crippen LogP contribution >= 0.6 is 0 Å². The van der Waals surface area contributed by atoms with E-state index in [2.05, 4.69) is 30.9 Å². The van der Waals surface area contributed by atoms with Crippen molar-refractivity contribution in [1.29, 1.82) is 0 Å². The minimum Gasteiger partial charge on any atom is -0.330 e. The average Bonchev–Trinajstić information content (AvgIpc) is 2.18. The van der Waals surface area contributed by atoms with Gasteiger partial charge in [-0.3, -0.25) is 0 Å². The van der Waals surface area contributed by atoms with E-state index in [0.29, 0.717) is 0 Å². The Kier molecular flexibility index (Phi) is 5.58. The maximum Gasteiger partial charge on any atom is 0.0130 e. The van der Waals surface area contributed by atoms with E-state index in [-0.39, 0.29) is 0 Å². The fourth-order valence-corrected chi connectivity index (χ4v) is 2.76. The van der Waals surface area contributed by atoms with Crippen LogP contribution < -0.4 is 5.73 Å². The number of nitrogens with zero attached hydrogens (tertiary/aromatic N) is 2. The van der Waals surface area contributed by atoms with Crippen LogP contribution in [0.15, 0.2) is 0 Å². The SMILES string of the molecule is CN1CCCC(C(CCCN)N(C)C)C1. The summed E-state index contributed by atoms with van der Waals surface area (Å²) in [5, 5.41) is 0. The fourth-order valence-electron chi connectivity index (χ4n) is 2.76. The highest BCUT2D eigenvalue weighted by atomic mass is 15.1. The molecule has 0 aromatic rings. The quantitative estimate of drug-likeness (QED) is 0.739. The molecule has 0 aliphatic carbocycles. The molecular formula is C12H27N3. The van der Waals surface area contributed by atoms with Crippen LogP contribution in [0.5, 0.6) is 0 Å². The molecule has 0 aromatic heterocycles. The Morgan fingerprint density at radius 2 is 2.20 bits per heavy atom. The molecule has 15 heavy (non-hydrogen) atoms. The second kappa shape index (κ2) is 6.46. The number of piperidine rings is 1. The molecule has 2 N–H and O–H groups in total. The van der Waals surface area contributed by atoms with E-state index in [0.717, 1.165) is 24.9 Å². The minimum atomic E-state index is 0.719. The summed E-state index contributed by atoms with van der Waals surface area (Å²) in [5.41, 5.74) is 5.60. The highest BCUT2D eigenvalue weighted by molar-refractivity contribution is 4.81. The Bertz CT molecular complexity index is 170. The molecule has 2 atom stereocenters. The first-order chi connectivity index (χ1) is 7.15. The number of hydrogen-bond donors (Lipinski definition) is 1. The van der Waals surface area contributed by atoms with E-state index in [1.165, 1.54) is 32.4 Å². The van der Waals surface area contributed by atoms with Crippen LogP contribution in [0.25, 0.3) is 0 Å². The highest BCUT2D eigenvalue weighted by Crippen LogP contribution is 2.23. The molecular weight excluding hydrogens is 186 g/mol. The van der Waals surface area contributed by atoms with Gasteiger partial charge in [0.1, 0.15) is 0 Å². The van der Waals surface area contributed by atoms with Gasteiger partial charge < -0.3 is 15.5 Å². The van der Waals surface area contributed by atoms with Crippen LogP contribution in [0.1, 0.15) is 25.7 Å². The Labute approximate surface area is 94.6 Å². The van der Waals surface area contributed by atoms with Crippen LogP contribution in [0.3, 0.4) is 0 Å². The summed E-state index contributed by atoms with van der Waals surface area (Å²) in [6.07, 6.45) is 5.15. The largest absolute Gasteiger partial charge is 0.330 e. The minimum absolute atomic E-state index is 0.719. The van der Waals surface area contributed by atoms with E-state index >= 15 is 0 Å². The Morgan fingerprint density at radius 3 is 2.73 bits per heavy atom. The van der Waals surface area contributed by atoms with Gasteiger partial charge in [0, 0.05) is 12.6 Å². The Hall–Kier alpha value is -0.120. The molecule has 0 aromatic carbocycles. The molecule has 1 aliphatic heterocycles. The van der Waals surface area contributed by atoms with Crippen molar-refractivity contribution in [1.82, 2.24) is 9.80 Å². The first kappa shape index (κ1) is 12.9. The first-order valence-corrected chi connectivity index (χ1v) is 6.20. The molecule has 0 bridgehead atoms. The molecule has 3 heteroatoms. The normalized spacial score (nSPS) is 25.8. The molecule has 1 fully saturated rings. The molecule has 1 aliphatic rings. The lowest BCUT2D eigenvalue weighted by Crippen LogP contribution is -2.44. The second-order valence-corrected chi connectivity index (χ2v) is 5.13. The van der Waals surface area contributed by atoms with Crippen molar-refractivity contribution in [2.45, 2.75) is 31.7 Å². The number of likely N-dealkylation sites (tertiary alicyclic amines) is 1. The van der Waals surface area contributed by atoms with E-state index in [9.17, 15) is 0 Å². The Balaban J connectivity index is 2.46. The van der Waals surface area contributed by atoms with Gasteiger partial charge >= 0.3 is 0 Å². The number of rotatable bonds is 5. The van der Waals surface area contributed by atoms with Gasteiger partial charge in [-0.15, -0.1) is 0 Å². The van der Waals surface area contributed by atoms with Crippen LogP contribution in [-0.4, -0.2) is 56.6 Å². The predicted molar refractivity (Wildman–Crippen MR) is 66.0 cm³/mol. The van der Waals surface area contributed by atoms with E-state index in [1.54, 1.807) is 0 Å². The van der Waals surface area contributed by atoms with E-state index in [1.807, 2.05) is 0 Å². The molecule has 90 valence electrons. The zero-order valence-corrected chi connectivity index (χ0v) is 10.6. The molecule has 0 radical (unpaired) electrons. The maximum atomic E-state index is 5.60. The topological polar surface area (TPSA) is 32.5 Å². The molecule has 1 heterocycles. The van der Waals surface area contributed by atoms with Crippen molar-refractivity contribution >= 4 is 0 Å². The van der Waals surface area contributed by atoms with Crippen molar-refractivity contribution in [2.24, 2.45) is 11.7 Å². The Morgan fingerprint density at radius 1 is 1.47 bits per heavy atom. The summed E-state index contributed by atoms with van der Waals surface area (Å²) in [4.78, 5) is 4.85. The lowest BCUT2D eigenvalue weighted by atomic mass is 9.87. The molecule has 0 saturated carbocycles. The molecule has 0 amide bonds. The van der Waals surface area contributed by atoms with Gasteiger partial charge in [0.25, 0.3) is 0 Å².